The average molecular weight is 289 g/mol. The molecule has 2 heterocycles. The molecule has 2 rings (SSSR count). The zero-order chi connectivity index (χ0) is 15.1. The lowest BCUT2D eigenvalue weighted by atomic mass is 10.2. The minimum atomic E-state index is -0.550. The van der Waals surface area contributed by atoms with E-state index in [9.17, 15) is 9.59 Å². The second-order valence-corrected chi connectivity index (χ2v) is 4.76. The van der Waals surface area contributed by atoms with Gasteiger partial charge in [0.25, 0.3) is 0 Å². The lowest BCUT2D eigenvalue weighted by Crippen LogP contribution is -2.32. The van der Waals surface area contributed by atoms with Crippen LogP contribution < -0.4 is 10.6 Å². The number of guanidine groups is 1. The fourth-order valence-electron chi connectivity index (χ4n) is 2.00. The number of aromatic nitrogens is 1. The van der Waals surface area contributed by atoms with Crippen LogP contribution in [0.15, 0.2) is 29.4 Å². The van der Waals surface area contributed by atoms with Crippen molar-refractivity contribution >= 4 is 23.7 Å². The summed E-state index contributed by atoms with van der Waals surface area (Å²) in [4.78, 5) is 33.0. The van der Waals surface area contributed by atoms with Crippen LogP contribution >= 0.6 is 0 Å². The molecular weight excluding hydrogens is 270 g/mol. The first-order valence-corrected chi connectivity index (χ1v) is 7.04. The number of amides is 3. The van der Waals surface area contributed by atoms with Crippen molar-refractivity contribution in [3.63, 3.8) is 0 Å². The van der Waals surface area contributed by atoms with Crippen molar-refractivity contribution < 1.29 is 9.59 Å². The number of rotatable bonds is 5. The van der Waals surface area contributed by atoms with Crippen molar-refractivity contribution in [1.82, 2.24) is 15.2 Å². The lowest BCUT2D eigenvalue weighted by Gasteiger charge is -2.15. The van der Waals surface area contributed by atoms with E-state index in [0.29, 0.717) is 18.3 Å². The number of unbranched alkanes of at least 4 members (excludes halogenated alkanes) is 2. The van der Waals surface area contributed by atoms with Crippen LogP contribution in [0.25, 0.3) is 0 Å². The highest BCUT2D eigenvalue weighted by atomic mass is 16.2. The summed E-state index contributed by atoms with van der Waals surface area (Å²) in [7, 11) is 0. The SMILES string of the molecule is CCCCCN1CC(=O)N/C1=N\C(=O)Nc1ccccn1. The fourth-order valence-corrected chi connectivity index (χ4v) is 2.00. The molecule has 7 nitrogen and oxygen atoms in total. The maximum absolute atomic E-state index is 11.8. The van der Waals surface area contributed by atoms with Gasteiger partial charge >= 0.3 is 6.03 Å². The molecule has 112 valence electrons. The van der Waals surface area contributed by atoms with Gasteiger partial charge in [-0.25, -0.2) is 9.78 Å². The molecule has 0 saturated carbocycles. The van der Waals surface area contributed by atoms with E-state index in [-0.39, 0.29) is 12.5 Å². The average Bonchev–Trinajstić information content (AvgIpc) is 2.80. The number of aliphatic imine (C=N–C) groups is 1. The summed E-state index contributed by atoms with van der Waals surface area (Å²) in [6.45, 7) is 3.07. The van der Waals surface area contributed by atoms with Gasteiger partial charge in [0.2, 0.25) is 11.9 Å². The molecule has 0 radical (unpaired) electrons. The number of hydrogen-bond donors (Lipinski definition) is 2. The molecule has 21 heavy (non-hydrogen) atoms. The molecule has 1 aromatic rings. The molecule has 1 aromatic heterocycles. The van der Waals surface area contributed by atoms with Gasteiger partial charge in [-0.05, 0) is 18.6 Å². The Hall–Kier alpha value is -2.44. The van der Waals surface area contributed by atoms with Crippen molar-refractivity contribution in [2.24, 2.45) is 4.99 Å². The maximum Gasteiger partial charge on any atom is 0.349 e. The minimum Gasteiger partial charge on any atom is -0.333 e. The second kappa shape index (κ2) is 7.37. The van der Waals surface area contributed by atoms with Gasteiger partial charge in [-0.1, -0.05) is 25.8 Å². The molecule has 2 N–H and O–H groups in total. The second-order valence-electron chi connectivity index (χ2n) is 4.76. The van der Waals surface area contributed by atoms with Gasteiger partial charge in [0.05, 0.1) is 0 Å². The first-order valence-electron chi connectivity index (χ1n) is 7.04. The summed E-state index contributed by atoms with van der Waals surface area (Å²) in [6, 6.07) is 4.65. The minimum absolute atomic E-state index is 0.143. The number of nitrogens with one attached hydrogen (secondary N) is 2. The van der Waals surface area contributed by atoms with Gasteiger partial charge in [0.1, 0.15) is 12.4 Å². The summed E-state index contributed by atoms with van der Waals surface area (Å²) in [5.74, 6) is 0.592. The largest absolute Gasteiger partial charge is 0.349 e. The Bertz CT molecular complexity index is 529. The van der Waals surface area contributed by atoms with Gasteiger partial charge < -0.3 is 4.90 Å². The van der Waals surface area contributed by atoms with Gasteiger partial charge in [0.15, 0.2) is 0 Å². The van der Waals surface area contributed by atoms with Crippen molar-refractivity contribution in [3.8, 4) is 0 Å². The lowest BCUT2D eigenvalue weighted by molar-refractivity contribution is -0.118. The van der Waals surface area contributed by atoms with E-state index in [4.69, 9.17) is 0 Å². The predicted octanol–water partition coefficient (Wildman–Crippen LogP) is 1.59. The molecule has 1 aliphatic rings. The molecule has 1 fully saturated rings. The molecule has 0 aliphatic carbocycles. The number of nitrogens with zero attached hydrogens (tertiary/aromatic N) is 3. The smallest absolute Gasteiger partial charge is 0.333 e. The van der Waals surface area contributed by atoms with Crippen LogP contribution in [0.2, 0.25) is 0 Å². The first-order chi connectivity index (χ1) is 10.2. The number of anilines is 1. The maximum atomic E-state index is 11.8. The van der Waals surface area contributed by atoms with E-state index in [1.165, 1.54) is 0 Å². The third kappa shape index (κ3) is 4.55. The summed E-state index contributed by atoms with van der Waals surface area (Å²) in [5, 5.41) is 5.16. The third-order valence-corrected chi connectivity index (χ3v) is 3.02. The number of pyridine rings is 1. The zero-order valence-electron chi connectivity index (χ0n) is 12.0. The Labute approximate surface area is 123 Å². The monoisotopic (exact) mass is 289 g/mol. The summed E-state index contributed by atoms with van der Waals surface area (Å²) >= 11 is 0. The molecule has 3 amide bonds. The Morgan fingerprint density at radius 1 is 1.48 bits per heavy atom. The van der Waals surface area contributed by atoms with E-state index in [2.05, 4.69) is 27.5 Å². The molecule has 0 unspecified atom stereocenters. The van der Waals surface area contributed by atoms with Crippen molar-refractivity contribution in [1.29, 1.82) is 0 Å². The quantitative estimate of drug-likeness (QED) is 0.806. The van der Waals surface area contributed by atoms with Crippen LogP contribution in [0.3, 0.4) is 0 Å². The fraction of sp³-hybridized carbons (Fsp3) is 0.429. The van der Waals surface area contributed by atoms with Crippen LogP contribution in [-0.2, 0) is 4.79 Å². The first kappa shape index (κ1) is 15.0. The summed E-state index contributed by atoms with van der Waals surface area (Å²) in [5.41, 5.74) is 0. The Morgan fingerprint density at radius 2 is 2.33 bits per heavy atom. The van der Waals surface area contributed by atoms with Gasteiger partial charge in [-0.3, -0.25) is 15.4 Å². The molecule has 1 saturated heterocycles. The Kier molecular flexibility index (Phi) is 5.25. The molecule has 0 aromatic carbocycles. The molecule has 0 spiro atoms. The molecule has 1 aliphatic heterocycles. The predicted molar refractivity (Wildman–Crippen MR) is 79.9 cm³/mol. The van der Waals surface area contributed by atoms with Crippen molar-refractivity contribution in [3.05, 3.63) is 24.4 Å². The number of hydrogen-bond acceptors (Lipinski definition) is 3. The highest BCUT2D eigenvalue weighted by Gasteiger charge is 2.25. The molecule has 7 heteroatoms. The molecular formula is C14H19N5O2. The summed E-state index contributed by atoms with van der Waals surface area (Å²) in [6.07, 6.45) is 4.73. The number of carbonyl (C=O) groups excluding carboxylic acids is 2. The molecule has 0 atom stereocenters. The van der Waals surface area contributed by atoms with Crippen molar-refractivity contribution in [2.45, 2.75) is 26.2 Å². The summed E-state index contributed by atoms with van der Waals surface area (Å²) < 4.78 is 0. The van der Waals surface area contributed by atoms with Crippen LogP contribution in [-0.4, -0.2) is 40.9 Å². The standard InChI is InChI=1S/C14H19N5O2/c1-2-3-6-9-19-10-12(20)17-13(19)18-14(21)16-11-7-4-5-8-15-11/h4-5,7-8H,2-3,6,9-10H2,1H3,(H2,15,16,17,18,20,21). The van der Waals surface area contributed by atoms with Crippen LogP contribution in [0.5, 0.6) is 0 Å². The molecule has 0 bridgehead atoms. The van der Waals surface area contributed by atoms with Gasteiger partial charge in [0, 0.05) is 12.7 Å². The normalized spacial score (nSPS) is 16.1. The van der Waals surface area contributed by atoms with E-state index in [1.54, 1.807) is 29.3 Å². The highest BCUT2D eigenvalue weighted by molar-refractivity contribution is 6.09. The van der Waals surface area contributed by atoms with E-state index in [1.807, 2.05) is 0 Å². The Balaban J connectivity index is 1.96. The van der Waals surface area contributed by atoms with E-state index < -0.39 is 6.03 Å². The van der Waals surface area contributed by atoms with Gasteiger partial charge in [-0.2, -0.15) is 4.99 Å². The van der Waals surface area contributed by atoms with Crippen LogP contribution in [0.4, 0.5) is 10.6 Å². The van der Waals surface area contributed by atoms with Crippen molar-refractivity contribution in [2.75, 3.05) is 18.4 Å². The van der Waals surface area contributed by atoms with E-state index in [0.717, 1.165) is 19.3 Å². The zero-order valence-corrected chi connectivity index (χ0v) is 12.0. The highest BCUT2D eigenvalue weighted by Crippen LogP contribution is 2.05. The number of carbonyl (C=O) groups is 2. The van der Waals surface area contributed by atoms with Crippen LogP contribution in [0, 0.1) is 0 Å². The van der Waals surface area contributed by atoms with Gasteiger partial charge in [-0.15, -0.1) is 0 Å². The third-order valence-electron chi connectivity index (χ3n) is 3.02. The number of urea groups is 1. The topological polar surface area (TPSA) is 86.7 Å². The Morgan fingerprint density at radius 3 is 3.05 bits per heavy atom. The van der Waals surface area contributed by atoms with Crippen LogP contribution in [0.1, 0.15) is 26.2 Å². The van der Waals surface area contributed by atoms with E-state index >= 15 is 0 Å².